The third kappa shape index (κ3) is 5.38. The number of hydrogen-bond acceptors (Lipinski definition) is 5. The van der Waals surface area contributed by atoms with Crippen LogP contribution in [0.25, 0.3) is 0 Å². The molecule has 0 aromatic heterocycles. The van der Waals surface area contributed by atoms with Gasteiger partial charge >= 0.3 is 0 Å². The highest BCUT2D eigenvalue weighted by Crippen LogP contribution is 2.13. The van der Waals surface area contributed by atoms with Crippen molar-refractivity contribution in [2.24, 2.45) is 0 Å². The van der Waals surface area contributed by atoms with E-state index in [2.05, 4.69) is 10.9 Å². The van der Waals surface area contributed by atoms with Crippen molar-refractivity contribution in [1.29, 1.82) is 0 Å². The van der Waals surface area contributed by atoms with E-state index in [0.717, 1.165) is 6.07 Å². The molecule has 0 radical (unpaired) electrons. The van der Waals surface area contributed by atoms with E-state index < -0.39 is 16.7 Å². The Morgan fingerprint density at radius 3 is 2.31 bits per heavy atom. The quantitative estimate of drug-likeness (QED) is 0.457. The number of nitrogens with one attached hydrogen (secondary N) is 2. The van der Waals surface area contributed by atoms with Gasteiger partial charge in [0, 0.05) is 41.1 Å². The number of ketones is 1. The SMILES string of the molecule is O=C(CCC(=O)c1ccc(Cl)cc1)NNC(=O)c1cccc([N+](=O)[O-])c1. The van der Waals surface area contributed by atoms with Crippen LogP contribution in [0.15, 0.2) is 48.5 Å². The van der Waals surface area contributed by atoms with Crippen molar-refractivity contribution in [1.82, 2.24) is 10.9 Å². The van der Waals surface area contributed by atoms with Gasteiger partial charge in [0.2, 0.25) is 5.91 Å². The first-order valence-corrected chi connectivity index (χ1v) is 7.87. The highest BCUT2D eigenvalue weighted by molar-refractivity contribution is 6.30. The first kappa shape index (κ1) is 19.1. The molecule has 9 heteroatoms. The van der Waals surface area contributed by atoms with Gasteiger partial charge in [0.1, 0.15) is 0 Å². The fourth-order valence-electron chi connectivity index (χ4n) is 2.03. The Balaban J connectivity index is 1.82. The monoisotopic (exact) mass is 375 g/mol. The van der Waals surface area contributed by atoms with Crippen molar-refractivity contribution in [3.63, 3.8) is 0 Å². The zero-order valence-electron chi connectivity index (χ0n) is 13.4. The summed E-state index contributed by atoms with van der Waals surface area (Å²) in [6.45, 7) is 0. The number of nitro groups is 1. The Labute approximate surface area is 153 Å². The molecule has 2 amide bonds. The van der Waals surface area contributed by atoms with E-state index in [9.17, 15) is 24.5 Å². The fourth-order valence-corrected chi connectivity index (χ4v) is 2.16. The topological polar surface area (TPSA) is 118 Å². The molecule has 2 aromatic rings. The van der Waals surface area contributed by atoms with Crippen molar-refractivity contribution < 1.29 is 19.3 Å². The average Bonchev–Trinajstić information content (AvgIpc) is 2.64. The van der Waals surface area contributed by atoms with Gasteiger partial charge in [0.15, 0.2) is 5.78 Å². The summed E-state index contributed by atoms with van der Waals surface area (Å²) in [6, 6.07) is 11.4. The van der Waals surface area contributed by atoms with E-state index in [-0.39, 0.29) is 29.9 Å². The van der Waals surface area contributed by atoms with E-state index in [1.54, 1.807) is 24.3 Å². The van der Waals surface area contributed by atoms with Crippen LogP contribution in [0.2, 0.25) is 5.02 Å². The molecule has 0 aliphatic heterocycles. The molecule has 2 aromatic carbocycles. The van der Waals surface area contributed by atoms with Crippen LogP contribution < -0.4 is 10.9 Å². The van der Waals surface area contributed by atoms with Gasteiger partial charge in [-0.05, 0) is 30.3 Å². The molecule has 134 valence electrons. The molecule has 0 spiro atoms. The fraction of sp³-hybridized carbons (Fsp3) is 0.118. The second-order valence-corrected chi connectivity index (χ2v) is 5.68. The number of Topliss-reactive ketones (excluding diaryl/α,β-unsaturated/α-hetero) is 1. The summed E-state index contributed by atoms with van der Waals surface area (Å²) in [7, 11) is 0. The second-order valence-electron chi connectivity index (χ2n) is 5.24. The number of carbonyl (C=O) groups is 3. The van der Waals surface area contributed by atoms with Gasteiger partial charge in [-0.2, -0.15) is 0 Å². The lowest BCUT2D eigenvalue weighted by Crippen LogP contribution is -2.41. The third-order valence-electron chi connectivity index (χ3n) is 3.38. The molecule has 0 atom stereocenters. The van der Waals surface area contributed by atoms with E-state index in [1.165, 1.54) is 18.2 Å². The van der Waals surface area contributed by atoms with E-state index in [1.807, 2.05) is 0 Å². The van der Waals surface area contributed by atoms with Gasteiger partial charge in [0.05, 0.1) is 4.92 Å². The van der Waals surface area contributed by atoms with E-state index in [4.69, 9.17) is 11.6 Å². The maximum Gasteiger partial charge on any atom is 0.270 e. The Morgan fingerprint density at radius 2 is 1.65 bits per heavy atom. The molecule has 26 heavy (non-hydrogen) atoms. The number of amides is 2. The molecule has 0 aliphatic carbocycles. The Hall–Kier alpha value is -3.26. The molecule has 0 saturated carbocycles. The number of nitro benzene ring substituents is 1. The second kappa shape index (κ2) is 8.72. The number of non-ortho nitro benzene ring substituents is 1. The smallest absolute Gasteiger partial charge is 0.270 e. The average molecular weight is 376 g/mol. The molecule has 0 heterocycles. The van der Waals surface area contributed by atoms with Crippen molar-refractivity contribution in [2.75, 3.05) is 0 Å². The van der Waals surface area contributed by atoms with Gasteiger partial charge in [-0.1, -0.05) is 17.7 Å². The summed E-state index contributed by atoms with van der Waals surface area (Å²) in [4.78, 5) is 45.6. The summed E-state index contributed by atoms with van der Waals surface area (Å²) in [5.74, 6) is -1.50. The highest BCUT2D eigenvalue weighted by Gasteiger charge is 2.13. The van der Waals surface area contributed by atoms with Crippen LogP contribution in [0.4, 0.5) is 5.69 Å². The van der Waals surface area contributed by atoms with Crippen molar-refractivity contribution in [2.45, 2.75) is 12.8 Å². The first-order chi connectivity index (χ1) is 12.4. The van der Waals surface area contributed by atoms with Crippen molar-refractivity contribution >= 4 is 34.9 Å². The summed E-state index contributed by atoms with van der Waals surface area (Å²) in [5, 5.41) is 11.2. The lowest BCUT2D eigenvalue weighted by atomic mass is 10.1. The van der Waals surface area contributed by atoms with E-state index in [0.29, 0.717) is 10.6 Å². The standard InChI is InChI=1S/C17H14ClN3O5/c18-13-6-4-11(5-7-13)15(22)8-9-16(23)19-20-17(24)12-2-1-3-14(10-12)21(25)26/h1-7,10H,8-9H2,(H,19,23)(H,20,24). The number of hydrogen-bond donors (Lipinski definition) is 2. The number of carbonyl (C=O) groups excluding carboxylic acids is 3. The van der Waals surface area contributed by atoms with Gasteiger partial charge in [0.25, 0.3) is 11.6 Å². The minimum absolute atomic E-state index is 0.0248. The predicted octanol–water partition coefficient (Wildman–Crippen LogP) is 2.67. The molecular weight excluding hydrogens is 362 g/mol. The lowest BCUT2D eigenvalue weighted by Gasteiger charge is -2.07. The predicted molar refractivity (Wildman–Crippen MR) is 93.7 cm³/mol. The summed E-state index contributed by atoms with van der Waals surface area (Å²) >= 11 is 5.74. The molecule has 0 saturated heterocycles. The Bertz CT molecular complexity index is 852. The van der Waals surface area contributed by atoms with Gasteiger partial charge in [-0.15, -0.1) is 0 Å². The van der Waals surface area contributed by atoms with Crippen LogP contribution in [-0.4, -0.2) is 22.5 Å². The molecule has 8 nitrogen and oxygen atoms in total. The van der Waals surface area contributed by atoms with Gasteiger partial charge in [-0.3, -0.25) is 35.3 Å². The lowest BCUT2D eigenvalue weighted by molar-refractivity contribution is -0.384. The molecule has 0 fully saturated rings. The first-order valence-electron chi connectivity index (χ1n) is 7.49. The largest absolute Gasteiger partial charge is 0.294 e. The normalized spacial score (nSPS) is 10.0. The van der Waals surface area contributed by atoms with Crippen LogP contribution >= 0.6 is 11.6 Å². The van der Waals surface area contributed by atoms with Gasteiger partial charge < -0.3 is 0 Å². The molecule has 0 aliphatic rings. The number of halogens is 1. The summed E-state index contributed by atoms with van der Waals surface area (Å²) in [5.41, 5.74) is 4.53. The van der Waals surface area contributed by atoms with Crippen LogP contribution in [-0.2, 0) is 4.79 Å². The molecule has 2 N–H and O–H groups in total. The molecule has 0 bridgehead atoms. The van der Waals surface area contributed by atoms with E-state index >= 15 is 0 Å². The maximum atomic E-state index is 11.9. The van der Waals surface area contributed by atoms with Crippen LogP contribution in [0, 0.1) is 10.1 Å². The number of hydrazine groups is 1. The van der Waals surface area contributed by atoms with Crippen LogP contribution in [0.3, 0.4) is 0 Å². The Morgan fingerprint density at radius 1 is 0.962 bits per heavy atom. The zero-order chi connectivity index (χ0) is 19.1. The zero-order valence-corrected chi connectivity index (χ0v) is 14.2. The van der Waals surface area contributed by atoms with Gasteiger partial charge in [-0.25, -0.2) is 0 Å². The minimum Gasteiger partial charge on any atom is -0.294 e. The molecule has 2 rings (SSSR count). The minimum atomic E-state index is -0.703. The van der Waals surface area contributed by atoms with Crippen molar-refractivity contribution in [3.05, 3.63) is 74.8 Å². The highest BCUT2D eigenvalue weighted by atomic mass is 35.5. The van der Waals surface area contributed by atoms with Crippen LogP contribution in [0.5, 0.6) is 0 Å². The van der Waals surface area contributed by atoms with Crippen molar-refractivity contribution in [3.8, 4) is 0 Å². The Kier molecular flexibility index (Phi) is 6.40. The number of rotatable bonds is 6. The summed E-state index contributed by atoms with van der Waals surface area (Å²) < 4.78 is 0. The summed E-state index contributed by atoms with van der Waals surface area (Å²) in [6.07, 6.45) is -0.170. The number of benzene rings is 2. The third-order valence-corrected chi connectivity index (χ3v) is 3.63. The maximum absolute atomic E-state index is 11.9. The molecule has 0 unspecified atom stereocenters. The number of nitrogens with zero attached hydrogens (tertiary/aromatic N) is 1. The molecular formula is C17H14ClN3O5. The van der Waals surface area contributed by atoms with Crippen LogP contribution in [0.1, 0.15) is 33.6 Å².